The lowest BCUT2D eigenvalue weighted by molar-refractivity contribution is -0.112. The van der Waals surface area contributed by atoms with Gasteiger partial charge in [-0.3, -0.25) is 4.79 Å². The first-order valence-electron chi connectivity index (χ1n) is 7.99. The van der Waals surface area contributed by atoms with Crippen LogP contribution < -0.4 is 10.6 Å². The standard InChI is InChI=1S/C20H18ClN3O3/c1-12-8-13(2)18(16(21)9-12)23-11-14(10-22)19(25)24-17-7-5-4-6-15(17)20(26)27-3/h4-9,11,23H,1-3H3,(H,24,25)/b14-11-. The van der Waals surface area contributed by atoms with Gasteiger partial charge in [-0.05, 0) is 43.2 Å². The third-order valence-corrected chi connectivity index (χ3v) is 4.04. The molecule has 0 aliphatic rings. The Morgan fingerprint density at radius 1 is 1.22 bits per heavy atom. The van der Waals surface area contributed by atoms with Gasteiger partial charge in [0.2, 0.25) is 0 Å². The number of esters is 1. The van der Waals surface area contributed by atoms with Crippen molar-refractivity contribution in [3.8, 4) is 6.07 Å². The lowest BCUT2D eigenvalue weighted by Gasteiger charge is -2.11. The van der Waals surface area contributed by atoms with Crippen LogP contribution in [0.2, 0.25) is 5.02 Å². The number of aryl methyl sites for hydroxylation is 2. The zero-order valence-corrected chi connectivity index (χ0v) is 15.8. The van der Waals surface area contributed by atoms with Gasteiger partial charge in [-0.2, -0.15) is 5.26 Å². The Bertz CT molecular complexity index is 938. The molecule has 6 nitrogen and oxygen atoms in total. The van der Waals surface area contributed by atoms with Crippen LogP contribution in [0.3, 0.4) is 0 Å². The second-order valence-electron chi connectivity index (χ2n) is 5.74. The Morgan fingerprint density at radius 3 is 2.56 bits per heavy atom. The van der Waals surface area contributed by atoms with Crippen LogP contribution in [-0.2, 0) is 9.53 Å². The van der Waals surface area contributed by atoms with Crippen LogP contribution >= 0.6 is 11.6 Å². The van der Waals surface area contributed by atoms with Crippen LogP contribution in [0.15, 0.2) is 48.2 Å². The monoisotopic (exact) mass is 383 g/mol. The van der Waals surface area contributed by atoms with Gasteiger partial charge in [-0.15, -0.1) is 0 Å². The van der Waals surface area contributed by atoms with E-state index in [1.165, 1.54) is 19.4 Å². The highest BCUT2D eigenvalue weighted by Gasteiger charge is 2.16. The summed E-state index contributed by atoms with van der Waals surface area (Å²) in [7, 11) is 1.25. The molecule has 0 bridgehead atoms. The molecule has 0 radical (unpaired) electrons. The van der Waals surface area contributed by atoms with E-state index in [4.69, 9.17) is 11.6 Å². The van der Waals surface area contributed by atoms with E-state index in [1.807, 2.05) is 26.0 Å². The summed E-state index contributed by atoms with van der Waals surface area (Å²) in [5.41, 5.74) is 2.76. The molecule has 0 fully saturated rings. The number of para-hydroxylation sites is 1. The summed E-state index contributed by atoms with van der Waals surface area (Å²) < 4.78 is 4.69. The molecule has 0 saturated carbocycles. The van der Waals surface area contributed by atoms with E-state index >= 15 is 0 Å². The van der Waals surface area contributed by atoms with Gasteiger partial charge in [0, 0.05) is 6.20 Å². The number of ether oxygens (including phenoxy) is 1. The molecule has 7 heteroatoms. The largest absolute Gasteiger partial charge is 0.465 e. The molecule has 2 aromatic rings. The molecule has 2 rings (SSSR count). The zero-order chi connectivity index (χ0) is 20.0. The number of carbonyl (C=O) groups is 2. The van der Waals surface area contributed by atoms with Crippen LogP contribution in [0.1, 0.15) is 21.5 Å². The number of anilines is 2. The maximum atomic E-state index is 12.4. The second-order valence-corrected chi connectivity index (χ2v) is 6.15. The normalized spacial score (nSPS) is 10.7. The Balaban J connectivity index is 2.24. The van der Waals surface area contributed by atoms with Crippen LogP contribution in [0.25, 0.3) is 0 Å². The summed E-state index contributed by atoms with van der Waals surface area (Å²) in [6, 6.07) is 11.9. The van der Waals surface area contributed by atoms with E-state index in [1.54, 1.807) is 24.3 Å². The Hall–Kier alpha value is -3.30. The van der Waals surface area contributed by atoms with E-state index in [0.29, 0.717) is 10.7 Å². The second kappa shape index (κ2) is 8.88. The summed E-state index contributed by atoms with van der Waals surface area (Å²) in [6.45, 7) is 3.79. The molecule has 2 aromatic carbocycles. The molecule has 0 aliphatic heterocycles. The number of amides is 1. The number of nitriles is 1. The summed E-state index contributed by atoms with van der Waals surface area (Å²) in [6.07, 6.45) is 1.28. The van der Waals surface area contributed by atoms with E-state index in [9.17, 15) is 14.9 Å². The molecule has 0 atom stereocenters. The first-order chi connectivity index (χ1) is 12.9. The molecule has 0 aromatic heterocycles. The summed E-state index contributed by atoms with van der Waals surface area (Å²) in [5.74, 6) is -1.25. The summed E-state index contributed by atoms with van der Waals surface area (Å²) in [5, 5.41) is 15.3. The molecule has 0 spiro atoms. The topological polar surface area (TPSA) is 91.2 Å². The van der Waals surface area contributed by atoms with Gasteiger partial charge in [0.25, 0.3) is 5.91 Å². The fraction of sp³-hybridized carbons (Fsp3) is 0.150. The number of rotatable bonds is 5. The molecular weight excluding hydrogens is 366 g/mol. The lowest BCUT2D eigenvalue weighted by Crippen LogP contribution is -2.17. The van der Waals surface area contributed by atoms with Crippen molar-refractivity contribution < 1.29 is 14.3 Å². The number of hydrogen-bond acceptors (Lipinski definition) is 5. The number of halogens is 1. The van der Waals surface area contributed by atoms with Gasteiger partial charge in [0.05, 0.1) is 29.1 Å². The minimum absolute atomic E-state index is 0.175. The highest BCUT2D eigenvalue weighted by atomic mass is 35.5. The van der Waals surface area contributed by atoms with Gasteiger partial charge in [-0.1, -0.05) is 29.8 Å². The van der Waals surface area contributed by atoms with E-state index < -0.39 is 11.9 Å². The number of carbonyl (C=O) groups excluding carboxylic acids is 2. The van der Waals surface area contributed by atoms with Crippen molar-refractivity contribution in [2.24, 2.45) is 0 Å². The highest BCUT2D eigenvalue weighted by molar-refractivity contribution is 6.33. The van der Waals surface area contributed by atoms with Crippen molar-refractivity contribution >= 4 is 34.9 Å². The molecule has 0 aliphatic carbocycles. The van der Waals surface area contributed by atoms with Crippen molar-refractivity contribution in [3.63, 3.8) is 0 Å². The predicted molar refractivity (Wildman–Crippen MR) is 105 cm³/mol. The van der Waals surface area contributed by atoms with E-state index in [2.05, 4.69) is 15.4 Å². The highest BCUT2D eigenvalue weighted by Crippen LogP contribution is 2.27. The first-order valence-corrected chi connectivity index (χ1v) is 8.37. The molecular formula is C20H18ClN3O3. The van der Waals surface area contributed by atoms with Gasteiger partial charge in [-0.25, -0.2) is 4.79 Å². The smallest absolute Gasteiger partial charge is 0.339 e. The van der Waals surface area contributed by atoms with Crippen LogP contribution in [0, 0.1) is 25.2 Å². The van der Waals surface area contributed by atoms with Gasteiger partial charge in [0.1, 0.15) is 11.6 Å². The molecule has 1 amide bonds. The van der Waals surface area contributed by atoms with Crippen LogP contribution in [0.5, 0.6) is 0 Å². The van der Waals surface area contributed by atoms with Gasteiger partial charge < -0.3 is 15.4 Å². The van der Waals surface area contributed by atoms with Crippen molar-refractivity contribution in [2.45, 2.75) is 13.8 Å². The Morgan fingerprint density at radius 2 is 1.93 bits per heavy atom. The van der Waals surface area contributed by atoms with Gasteiger partial charge >= 0.3 is 5.97 Å². The number of hydrogen-bond donors (Lipinski definition) is 2. The molecule has 27 heavy (non-hydrogen) atoms. The van der Waals surface area contributed by atoms with Gasteiger partial charge in [0.15, 0.2) is 0 Å². The minimum atomic E-state index is -0.665. The predicted octanol–water partition coefficient (Wildman–Crippen LogP) is 4.20. The van der Waals surface area contributed by atoms with Crippen molar-refractivity contribution in [1.29, 1.82) is 5.26 Å². The maximum absolute atomic E-state index is 12.4. The third-order valence-electron chi connectivity index (χ3n) is 3.74. The fourth-order valence-electron chi connectivity index (χ4n) is 2.46. The van der Waals surface area contributed by atoms with E-state index in [-0.39, 0.29) is 16.8 Å². The average Bonchev–Trinajstić information content (AvgIpc) is 2.63. The summed E-state index contributed by atoms with van der Waals surface area (Å²) >= 11 is 6.22. The third kappa shape index (κ3) is 4.87. The molecule has 0 unspecified atom stereocenters. The van der Waals surface area contributed by atoms with Crippen molar-refractivity contribution in [3.05, 3.63) is 69.9 Å². The average molecular weight is 384 g/mol. The molecule has 0 saturated heterocycles. The first kappa shape index (κ1) is 20.0. The zero-order valence-electron chi connectivity index (χ0n) is 15.1. The molecule has 2 N–H and O–H groups in total. The Labute approximate surface area is 162 Å². The lowest BCUT2D eigenvalue weighted by atomic mass is 10.1. The molecule has 0 heterocycles. The number of nitrogens with zero attached hydrogens (tertiary/aromatic N) is 1. The number of nitrogens with one attached hydrogen (secondary N) is 2. The SMILES string of the molecule is COC(=O)c1ccccc1NC(=O)/C(C#N)=C\Nc1c(C)cc(C)cc1Cl. The van der Waals surface area contributed by atoms with Crippen LogP contribution in [-0.4, -0.2) is 19.0 Å². The van der Waals surface area contributed by atoms with Crippen molar-refractivity contribution in [1.82, 2.24) is 0 Å². The van der Waals surface area contributed by atoms with E-state index in [0.717, 1.165) is 11.1 Å². The minimum Gasteiger partial charge on any atom is -0.465 e. The van der Waals surface area contributed by atoms with Crippen LogP contribution in [0.4, 0.5) is 11.4 Å². The Kier molecular flexibility index (Phi) is 6.58. The number of benzene rings is 2. The fourth-order valence-corrected chi connectivity index (χ4v) is 2.84. The maximum Gasteiger partial charge on any atom is 0.339 e. The quantitative estimate of drug-likeness (QED) is 0.458. The summed E-state index contributed by atoms with van der Waals surface area (Å²) in [4.78, 5) is 24.2. The van der Waals surface area contributed by atoms with Crippen molar-refractivity contribution in [2.75, 3.05) is 17.7 Å². The number of methoxy groups -OCH3 is 1. The molecule has 138 valence electrons.